The van der Waals surface area contributed by atoms with Crippen molar-refractivity contribution in [3.05, 3.63) is 69.6 Å². The number of hydrogen-bond acceptors (Lipinski definition) is 8. The van der Waals surface area contributed by atoms with Crippen molar-refractivity contribution in [3.63, 3.8) is 0 Å². The first kappa shape index (κ1) is 26.7. The SMILES string of the molecule is COCCCNC(=O)C(C#N)=Cc1c(N2CCN(c3ccc(OC)cc3)CC2)nc2c(C)cccn2c1=O. The molecule has 1 aliphatic rings. The molecule has 3 heterocycles. The number of piperazine rings is 1. The predicted octanol–water partition coefficient (Wildman–Crippen LogP) is 2.40. The Labute approximate surface area is 221 Å². The number of fused-ring (bicyclic) bond motifs is 1. The van der Waals surface area contributed by atoms with Crippen LogP contribution in [0.1, 0.15) is 17.5 Å². The molecule has 0 aliphatic carbocycles. The molecule has 1 N–H and O–H groups in total. The maximum Gasteiger partial charge on any atom is 0.267 e. The summed E-state index contributed by atoms with van der Waals surface area (Å²) in [4.78, 5) is 35.5. The molecule has 0 saturated carbocycles. The van der Waals surface area contributed by atoms with Gasteiger partial charge in [-0.05, 0) is 55.3 Å². The van der Waals surface area contributed by atoms with Crippen LogP contribution in [0.2, 0.25) is 0 Å². The number of nitriles is 1. The first-order chi connectivity index (χ1) is 18.5. The number of anilines is 2. The summed E-state index contributed by atoms with van der Waals surface area (Å²) < 4.78 is 11.7. The van der Waals surface area contributed by atoms with E-state index in [-0.39, 0.29) is 16.7 Å². The van der Waals surface area contributed by atoms with Gasteiger partial charge in [-0.25, -0.2) is 4.98 Å². The number of nitrogens with zero attached hydrogens (tertiary/aromatic N) is 5. The zero-order valence-corrected chi connectivity index (χ0v) is 21.9. The summed E-state index contributed by atoms with van der Waals surface area (Å²) in [6.45, 7) is 5.43. The fraction of sp³-hybridized carbons (Fsp3) is 0.357. The third kappa shape index (κ3) is 5.79. The van der Waals surface area contributed by atoms with Crippen molar-refractivity contribution >= 4 is 29.1 Å². The number of ether oxygens (including phenoxy) is 2. The lowest BCUT2D eigenvalue weighted by molar-refractivity contribution is -0.117. The average molecular weight is 517 g/mol. The van der Waals surface area contributed by atoms with Gasteiger partial charge >= 0.3 is 0 Å². The first-order valence-corrected chi connectivity index (χ1v) is 12.5. The molecule has 0 spiro atoms. The lowest BCUT2D eigenvalue weighted by Crippen LogP contribution is -2.47. The second-order valence-electron chi connectivity index (χ2n) is 8.98. The molecule has 0 bridgehead atoms. The highest BCUT2D eigenvalue weighted by Crippen LogP contribution is 2.25. The second-order valence-corrected chi connectivity index (χ2v) is 8.98. The Morgan fingerprint density at radius 3 is 2.50 bits per heavy atom. The number of nitrogens with one attached hydrogen (secondary N) is 1. The van der Waals surface area contributed by atoms with Crippen molar-refractivity contribution in [3.8, 4) is 11.8 Å². The molecule has 3 aromatic rings. The summed E-state index contributed by atoms with van der Waals surface area (Å²) in [7, 11) is 3.23. The molecule has 0 radical (unpaired) electrons. The number of aryl methyl sites for hydroxylation is 1. The number of aromatic nitrogens is 2. The summed E-state index contributed by atoms with van der Waals surface area (Å²) in [5.74, 6) is 0.738. The maximum atomic E-state index is 13.6. The molecule has 1 amide bonds. The van der Waals surface area contributed by atoms with Crippen LogP contribution in [0.5, 0.6) is 5.75 Å². The van der Waals surface area contributed by atoms with E-state index in [1.54, 1.807) is 26.5 Å². The topological polar surface area (TPSA) is 112 Å². The molecular formula is C28H32N6O4. The Balaban J connectivity index is 1.66. The summed E-state index contributed by atoms with van der Waals surface area (Å²) >= 11 is 0. The smallest absolute Gasteiger partial charge is 0.267 e. The number of carbonyl (C=O) groups is 1. The number of methoxy groups -OCH3 is 2. The molecule has 1 aromatic carbocycles. The van der Waals surface area contributed by atoms with Gasteiger partial charge in [0.15, 0.2) is 0 Å². The summed E-state index contributed by atoms with van der Waals surface area (Å²) in [6, 6.07) is 13.5. The lowest BCUT2D eigenvalue weighted by atomic mass is 10.1. The molecule has 2 aromatic heterocycles. The van der Waals surface area contributed by atoms with Crippen LogP contribution >= 0.6 is 0 Å². The van der Waals surface area contributed by atoms with Crippen LogP contribution < -0.4 is 25.4 Å². The minimum absolute atomic E-state index is 0.146. The van der Waals surface area contributed by atoms with Crippen LogP contribution in [0.3, 0.4) is 0 Å². The molecule has 0 unspecified atom stereocenters. The quantitative estimate of drug-likeness (QED) is 0.262. The third-order valence-electron chi connectivity index (χ3n) is 6.55. The summed E-state index contributed by atoms with van der Waals surface area (Å²) in [6.07, 6.45) is 3.63. The predicted molar refractivity (Wildman–Crippen MR) is 147 cm³/mol. The second kappa shape index (κ2) is 12.3. The monoisotopic (exact) mass is 516 g/mol. The maximum absolute atomic E-state index is 13.6. The van der Waals surface area contributed by atoms with E-state index in [0.29, 0.717) is 44.1 Å². The van der Waals surface area contributed by atoms with Crippen molar-refractivity contribution < 1.29 is 14.3 Å². The van der Waals surface area contributed by atoms with Gasteiger partial charge in [-0.2, -0.15) is 5.26 Å². The fourth-order valence-corrected chi connectivity index (χ4v) is 4.44. The molecule has 1 fully saturated rings. The van der Waals surface area contributed by atoms with Gasteiger partial charge in [0.25, 0.3) is 11.5 Å². The van der Waals surface area contributed by atoms with E-state index in [4.69, 9.17) is 14.5 Å². The number of carbonyl (C=O) groups excluding carboxylic acids is 1. The normalized spacial score (nSPS) is 13.9. The Morgan fingerprint density at radius 2 is 1.84 bits per heavy atom. The van der Waals surface area contributed by atoms with E-state index in [0.717, 1.165) is 30.1 Å². The van der Waals surface area contributed by atoms with Crippen LogP contribution in [0.4, 0.5) is 11.5 Å². The van der Waals surface area contributed by atoms with E-state index in [2.05, 4.69) is 10.2 Å². The molecule has 10 heteroatoms. The average Bonchev–Trinajstić information content (AvgIpc) is 2.95. The highest BCUT2D eigenvalue weighted by atomic mass is 16.5. The zero-order chi connectivity index (χ0) is 27.1. The standard InChI is InChI=1S/C28H32N6O4/c1-20-6-4-12-34-25(20)31-26(24(28(34)36)18-21(19-29)27(35)30-11-5-17-37-2)33-15-13-32(14-16-33)22-7-9-23(38-3)10-8-22/h4,6-10,12,18H,5,11,13-17H2,1-3H3,(H,30,35). The Bertz CT molecular complexity index is 1420. The molecular weight excluding hydrogens is 484 g/mol. The summed E-state index contributed by atoms with van der Waals surface area (Å²) in [5, 5.41) is 12.5. The highest BCUT2D eigenvalue weighted by Gasteiger charge is 2.24. The molecule has 38 heavy (non-hydrogen) atoms. The number of rotatable bonds is 9. The van der Waals surface area contributed by atoms with E-state index < -0.39 is 5.91 Å². The highest BCUT2D eigenvalue weighted by molar-refractivity contribution is 6.02. The zero-order valence-electron chi connectivity index (χ0n) is 21.9. The molecule has 0 atom stereocenters. The number of hydrogen-bond donors (Lipinski definition) is 1. The van der Waals surface area contributed by atoms with Gasteiger partial charge < -0.3 is 24.6 Å². The van der Waals surface area contributed by atoms with Crippen LogP contribution in [0, 0.1) is 18.3 Å². The van der Waals surface area contributed by atoms with Crippen molar-refractivity contribution in [1.29, 1.82) is 5.26 Å². The Hall–Kier alpha value is -4.36. The largest absolute Gasteiger partial charge is 0.497 e. The third-order valence-corrected chi connectivity index (χ3v) is 6.55. The van der Waals surface area contributed by atoms with E-state index in [1.807, 2.05) is 48.2 Å². The molecule has 4 rings (SSSR count). The van der Waals surface area contributed by atoms with Crippen LogP contribution in [0.15, 0.2) is 53.0 Å². The van der Waals surface area contributed by atoms with Crippen molar-refractivity contribution in [1.82, 2.24) is 14.7 Å². The number of benzene rings is 1. The van der Waals surface area contributed by atoms with E-state index in [9.17, 15) is 14.9 Å². The summed E-state index contributed by atoms with van der Waals surface area (Å²) in [5.41, 5.74) is 2.23. The van der Waals surface area contributed by atoms with Crippen LogP contribution in [-0.2, 0) is 9.53 Å². The van der Waals surface area contributed by atoms with Gasteiger partial charge in [0.1, 0.15) is 28.9 Å². The van der Waals surface area contributed by atoms with Crippen LogP contribution in [0.25, 0.3) is 11.7 Å². The van der Waals surface area contributed by atoms with Crippen LogP contribution in [-0.4, -0.2) is 68.8 Å². The minimum Gasteiger partial charge on any atom is -0.497 e. The van der Waals surface area contributed by atoms with Gasteiger partial charge in [0.05, 0.1) is 12.7 Å². The molecule has 1 saturated heterocycles. The molecule has 198 valence electrons. The van der Waals surface area contributed by atoms with Gasteiger partial charge in [0.2, 0.25) is 0 Å². The van der Waals surface area contributed by atoms with Gasteiger partial charge in [-0.1, -0.05) is 6.07 Å². The Kier molecular flexibility index (Phi) is 8.61. The number of amides is 1. The van der Waals surface area contributed by atoms with Gasteiger partial charge in [-0.3, -0.25) is 14.0 Å². The first-order valence-electron chi connectivity index (χ1n) is 12.5. The van der Waals surface area contributed by atoms with E-state index in [1.165, 1.54) is 10.5 Å². The Morgan fingerprint density at radius 1 is 1.13 bits per heavy atom. The van der Waals surface area contributed by atoms with Gasteiger partial charge in [-0.15, -0.1) is 0 Å². The molecule has 1 aliphatic heterocycles. The van der Waals surface area contributed by atoms with Gasteiger partial charge in [0, 0.05) is 58.3 Å². The lowest BCUT2D eigenvalue weighted by Gasteiger charge is -2.37. The number of pyridine rings is 1. The van der Waals surface area contributed by atoms with E-state index >= 15 is 0 Å². The van der Waals surface area contributed by atoms with Crippen molar-refractivity contribution in [2.45, 2.75) is 13.3 Å². The van der Waals surface area contributed by atoms with Crippen molar-refractivity contribution in [2.24, 2.45) is 0 Å². The fourth-order valence-electron chi connectivity index (χ4n) is 4.44. The molecule has 10 nitrogen and oxygen atoms in total. The van der Waals surface area contributed by atoms with Crippen molar-refractivity contribution in [2.75, 3.05) is 63.4 Å². The minimum atomic E-state index is -0.535.